The van der Waals surface area contributed by atoms with Gasteiger partial charge in [-0.2, -0.15) is 0 Å². The van der Waals surface area contributed by atoms with Gasteiger partial charge in [-0.15, -0.1) is 11.6 Å². The van der Waals surface area contributed by atoms with Crippen LogP contribution in [0.4, 0.5) is 0 Å². The number of ether oxygens (including phenoxy) is 1. The second kappa shape index (κ2) is 6.02. The monoisotopic (exact) mass is 309 g/mol. The van der Waals surface area contributed by atoms with Gasteiger partial charge >= 0.3 is 5.97 Å². The fraction of sp³-hybridized carbons (Fsp3) is 0.533. The molecule has 2 atom stereocenters. The standard InChI is InChI=1S/C15H20ClN3O2/c1-8(2)12(15(20)21-5)19-13(10(4)16)18-11-6-9(3)7-17-14(11)19/h6-8,10,12H,1-5H3. The van der Waals surface area contributed by atoms with Crippen LogP contribution in [0.15, 0.2) is 12.3 Å². The maximum Gasteiger partial charge on any atom is 0.329 e. The summed E-state index contributed by atoms with van der Waals surface area (Å²) in [5.41, 5.74) is 2.42. The van der Waals surface area contributed by atoms with Gasteiger partial charge in [0.2, 0.25) is 0 Å². The zero-order chi connectivity index (χ0) is 15.7. The Balaban J connectivity index is 2.74. The van der Waals surface area contributed by atoms with E-state index in [9.17, 15) is 4.79 Å². The fourth-order valence-electron chi connectivity index (χ4n) is 2.45. The van der Waals surface area contributed by atoms with Gasteiger partial charge in [0.1, 0.15) is 17.4 Å². The number of carbonyl (C=O) groups excluding carboxylic acids is 1. The molecule has 21 heavy (non-hydrogen) atoms. The van der Waals surface area contributed by atoms with E-state index in [1.807, 2.05) is 38.3 Å². The lowest BCUT2D eigenvalue weighted by Gasteiger charge is -2.23. The number of aryl methyl sites for hydroxylation is 1. The Bertz CT molecular complexity index is 664. The first-order chi connectivity index (χ1) is 9.86. The van der Waals surface area contributed by atoms with Crippen molar-refractivity contribution in [1.29, 1.82) is 0 Å². The molecule has 5 nitrogen and oxygen atoms in total. The zero-order valence-electron chi connectivity index (χ0n) is 12.9. The van der Waals surface area contributed by atoms with Gasteiger partial charge in [0.25, 0.3) is 0 Å². The van der Waals surface area contributed by atoms with Gasteiger partial charge in [-0.25, -0.2) is 14.8 Å². The molecular weight excluding hydrogens is 290 g/mol. The molecule has 2 unspecified atom stereocenters. The molecule has 0 aliphatic heterocycles. The Morgan fingerprint density at radius 3 is 2.57 bits per heavy atom. The summed E-state index contributed by atoms with van der Waals surface area (Å²) in [6.45, 7) is 7.71. The number of esters is 1. The lowest BCUT2D eigenvalue weighted by molar-refractivity contribution is -0.146. The quantitative estimate of drug-likeness (QED) is 0.641. The normalized spacial score (nSPS) is 14.4. The Morgan fingerprint density at radius 1 is 1.38 bits per heavy atom. The molecule has 0 aromatic carbocycles. The van der Waals surface area contributed by atoms with E-state index in [-0.39, 0.29) is 17.3 Å². The van der Waals surface area contributed by atoms with Crippen LogP contribution in [-0.4, -0.2) is 27.6 Å². The summed E-state index contributed by atoms with van der Waals surface area (Å²) in [5.74, 6) is 0.353. The third-order valence-corrected chi connectivity index (χ3v) is 3.60. The largest absolute Gasteiger partial charge is 0.467 e. The number of pyridine rings is 1. The van der Waals surface area contributed by atoms with Crippen molar-refractivity contribution in [2.75, 3.05) is 7.11 Å². The molecule has 0 saturated heterocycles. The molecule has 6 heteroatoms. The number of hydrogen-bond acceptors (Lipinski definition) is 4. The number of halogens is 1. The average molecular weight is 310 g/mol. The highest BCUT2D eigenvalue weighted by atomic mass is 35.5. The molecule has 2 aromatic heterocycles. The number of nitrogens with zero attached hydrogens (tertiary/aromatic N) is 3. The molecule has 0 fully saturated rings. The van der Waals surface area contributed by atoms with Gasteiger partial charge in [-0.1, -0.05) is 13.8 Å². The number of rotatable bonds is 4. The van der Waals surface area contributed by atoms with Gasteiger partial charge in [0.05, 0.1) is 12.5 Å². The topological polar surface area (TPSA) is 57.0 Å². The van der Waals surface area contributed by atoms with Crippen LogP contribution in [0.25, 0.3) is 11.2 Å². The predicted molar refractivity (Wildman–Crippen MR) is 82.4 cm³/mol. The number of fused-ring (bicyclic) bond motifs is 1. The minimum absolute atomic E-state index is 0.0344. The Hall–Kier alpha value is -1.62. The number of carbonyl (C=O) groups is 1. The predicted octanol–water partition coefficient (Wildman–Crippen LogP) is 3.41. The highest BCUT2D eigenvalue weighted by Gasteiger charge is 2.31. The van der Waals surface area contributed by atoms with Crippen molar-refractivity contribution in [3.05, 3.63) is 23.7 Å². The van der Waals surface area contributed by atoms with Gasteiger partial charge in [-0.05, 0) is 31.4 Å². The van der Waals surface area contributed by atoms with E-state index in [1.165, 1.54) is 7.11 Å². The molecule has 0 aliphatic rings. The van der Waals surface area contributed by atoms with Crippen LogP contribution in [0.2, 0.25) is 0 Å². The van der Waals surface area contributed by atoms with Crippen LogP contribution in [0.1, 0.15) is 43.6 Å². The summed E-state index contributed by atoms with van der Waals surface area (Å²) in [6, 6.07) is 1.45. The number of aromatic nitrogens is 3. The van der Waals surface area contributed by atoms with Crippen LogP contribution >= 0.6 is 11.6 Å². The fourth-order valence-corrected chi connectivity index (χ4v) is 2.61. The second-order valence-electron chi connectivity index (χ2n) is 5.52. The molecule has 2 rings (SSSR count). The number of hydrogen-bond donors (Lipinski definition) is 0. The molecule has 0 radical (unpaired) electrons. The van der Waals surface area contributed by atoms with E-state index in [0.717, 1.165) is 11.1 Å². The van der Waals surface area contributed by atoms with Crippen LogP contribution in [-0.2, 0) is 9.53 Å². The maximum atomic E-state index is 12.2. The van der Waals surface area contributed by atoms with Crippen LogP contribution in [0.5, 0.6) is 0 Å². The second-order valence-corrected chi connectivity index (χ2v) is 6.18. The average Bonchev–Trinajstić information content (AvgIpc) is 2.77. The smallest absolute Gasteiger partial charge is 0.329 e. The summed E-state index contributed by atoms with van der Waals surface area (Å²) >= 11 is 6.25. The summed E-state index contributed by atoms with van der Waals surface area (Å²) in [6.07, 6.45) is 1.76. The van der Waals surface area contributed by atoms with Gasteiger partial charge in [0, 0.05) is 6.20 Å². The number of alkyl halides is 1. The van der Waals surface area contributed by atoms with Crippen molar-refractivity contribution in [1.82, 2.24) is 14.5 Å². The van der Waals surface area contributed by atoms with E-state index < -0.39 is 6.04 Å². The number of methoxy groups -OCH3 is 1. The zero-order valence-corrected chi connectivity index (χ0v) is 13.7. The molecule has 2 aromatic rings. The van der Waals surface area contributed by atoms with E-state index in [1.54, 1.807) is 6.20 Å². The molecule has 0 aliphatic carbocycles. The van der Waals surface area contributed by atoms with E-state index in [4.69, 9.17) is 16.3 Å². The maximum absolute atomic E-state index is 12.2. The molecule has 0 spiro atoms. The van der Waals surface area contributed by atoms with Crippen LogP contribution < -0.4 is 0 Å². The first-order valence-electron chi connectivity index (χ1n) is 6.93. The van der Waals surface area contributed by atoms with Crippen molar-refractivity contribution in [2.45, 2.75) is 39.1 Å². The first-order valence-corrected chi connectivity index (χ1v) is 7.36. The minimum Gasteiger partial charge on any atom is -0.467 e. The molecule has 0 amide bonds. The third kappa shape index (κ3) is 2.88. The van der Waals surface area contributed by atoms with Crippen LogP contribution in [0.3, 0.4) is 0 Å². The van der Waals surface area contributed by atoms with E-state index in [2.05, 4.69) is 9.97 Å². The molecule has 0 saturated carbocycles. The van der Waals surface area contributed by atoms with Crippen LogP contribution in [0, 0.1) is 12.8 Å². The summed E-state index contributed by atoms with van der Waals surface area (Å²) in [4.78, 5) is 21.2. The molecule has 2 heterocycles. The molecule has 114 valence electrons. The highest BCUT2D eigenvalue weighted by Crippen LogP contribution is 2.31. The lowest BCUT2D eigenvalue weighted by atomic mass is 10.0. The molecule has 0 bridgehead atoms. The van der Waals surface area contributed by atoms with Crippen molar-refractivity contribution in [3.8, 4) is 0 Å². The van der Waals surface area contributed by atoms with E-state index in [0.29, 0.717) is 11.5 Å². The van der Waals surface area contributed by atoms with Gasteiger partial charge in [0.15, 0.2) is 5.65 Å². The van der Waals surface area contributed by atoms with Crippen molar-refractivity contribution < 1.29 is 9.53 Å². The van der Waals surface area contributed by atoms with Gasteiger partial charge in [-0.3, -0.25) is 4.57 Å². The molecule has 0 N–H and O–H groups in total. The number of imidazole rings is 1. The van der Waals surface area contributed by atoms with Gasteiger partial charge < -0.3 is 4.74 Å². The third-order valence-electron chi connectivity index (χ3n) is 3.40. The molecular formula is C15H20ClN3O2. The van der Waals surface area contributed by atoms with Crippen molar-refractivity contribution >= 4 is 28.7 Å². The lowest BCUT2D eigenvalue weighted by Crippen LogP contribution is -2.27. The SMILES string of the molecule is COC(=O)C(C(C)C)n1c(C(C)Cl)nc2cc(C)cnc21. The van der Waals surface area contributed by atoms with Crippen molar-refractivity contribution in [2.24, 2.45) is 5.92 Å². The summed E-state index contributed by atoms with van der Waals surface area (Å²) in [5, 5.41) is -0.328. The van der Waals surface area contributed by atoms with Crippen molar-refractivity contribution in [3.63, 3.8) is 0 Å². The Morgan fingerprint density at radius 2 is 2.05 bits per heavy atom. The Kier molecular flexibility index (Phi) is 4.52. The summed E-state index contributed by atoms with van der Waals surface area (Å²) in [7, 11) is 1.39. The van der Waals surface area contributed by atoms with E-state index >= 15 is 0 Å². The Labute approximate surface area is 129 Å². The highest BCUT2D eigenvalue weighted by molar-refractivity contribution is 6.20. The minimum atomic E-state index is -0.494. The summed E-state index contributed by atoms with van der Waals surface area (Å²) < 4.78 is 6.75. The first kappa shape index (κ1) is 15.8.